The zero-order valence-corrected chi connectivity index (χ0v) is 22.7. The Balaban J connectivity index is 1.19. The number of aromatic nitrogens is 4. The number of nitrogens with one attached hydrogen (secondary N) is 2. The lowest BCUT2D eigenvalue weighted by molar-refractivity contribution is 0.352. The first-order valence-corrected chi connectivity index (χ1v) is 13.7. The standard InChI is InChI=1S/C29H36ClN7/c1-4-7-27-20(19-32-37(27)24-16-10-21(30)11-17-24)18-31-22-12-14-23(15-13-22)33-29-34-26-9-6-5-8-25(26)28(35-29)36(2)3/h5-6,8-11,16-17,19,22-23,31H,4,7,12-15,18H2,1-3H3,(H,33,34,35). The number of halogens is 1. The zero-order chi connectivity index (χ0) is 25.8. The van der Waals surface area contributed by atoms with Gasteiger partial charge in [0.25, 0.3) is 0 Å². The van der Waals surface area contributed by atoms with Crippen molar-refractivity contribution in [2.75, 3.05) is 24.3 Å². The average Bonchev–Trinajstić information content (AvgIpc) is 3.31. The summed E-state index contributed by atoms with van der Waals surface area (Å²) in [7, 11) is 4.06. The second-order valence-electron chi connectivity index (χ2n) is 10.1. The summed E-state index contributed by atoms with van der Waals surface area (Å²) < 4.78 is 2.06. The van der Waals surface area contributed by atoms with Crippen molar-refractivity contribution >= 4 is 34.3 Å². The maximum absolute atomic E-state index is 6.09. The minimum atomic E-state index is 0.387. The summed E-state index contributed by atoms with van der Waals surface area (Å²) in [6.45, 7) is 3.05. The van der Waals surface area contributed by atoms with Gasteiger partial charge in [0.1, 0.15) is 5.82 Å². The van der Waals surface area contributed by atoms with Crippen LogP contribution in [0.2, 0.25) is 5.02 Å². The number of para-hydroxylation sites is 1. The van der Waals surface area contributed by atoms with Crippen molar-refractivity contribution in [3.8, 4) is 5.69 Å². The molecule has 0 spiro atoms. The molecule has 8 heteroatoms. The van der Waals surface area contributed by atoms with Crippen LogP contribution in [0.1, 0.15) is 50.3 Å². The third-order valence-corrected chi connectivity index (χ3v) is 7.41. The van der Waals surface area contributed by atoms with Gasteiger partial charge in [-0.25, -0.2) is 9.67 Å². The van der Waals surface area contributed by atoms with Crippen LogP contribution in [0.25, 0.3) is 16.6 Å². The van der Waals surface area contributed by atoms with E-state index in [0.29, 0.717) is 12.1 Å². The van der Waals surface area contributed by atoms with Crippen molar-refractivity contribution in [3.05, 3.63) is 71.0 Å². The van der Waals surface area contributed by atoms with E-state index in [0.717, 1.165) is 78.4 Å². The molecule has 194 valence electrons. The molecule has 0 radical (unpaired) electrons. The summed E-state index contributed by atoms with van der Waals surface area (Å²) >= 11 is 6.09. The number of anilines is 2. The Morgan fingerprint density at radius 2 is 1.70 bits per heavy atom. The van der Waals surface area contributed by atoms with Crippen molar-refractivity contribution in [1.29, 1.82) is 0 Å². The monoisotopic (exact) mass is 517 g/mol. The normalized spacial score (nSPS) is 17.7. The second kappa shape index (κ2) is 11.5. The molecule has 1 saturated carbocycles. The molecule has 0 aliphatic heterocycles. The lowest BCUT2D eigenvalue weighted by Crippen LogP contribution is -2.37. The highest BCUT2D eigenvalue weighted by Gasteiger charge is 2.23. The summed E-state index contributed by atoms with van der Waals surface area (Å²) in [5.41, 5.74) is 4.58. The van der Waals surface area contributed by atoms with Crippen LogP contribution in [0.3, 0.4) is 0 Å². The molecular weight excluding hydrogens is 482 g/mol. The first-order valence-electron chi connectivity index (χ1n) is 13.3. The highest BCUT2D eigenvalue weighted by atomic mass is 35.5. The quantitative estimate of drug-likeness (QED) is 0.284. The number of hydrogen-bond donors (Lipinski definition) is 2. The van der Waals surface area contributed by atoms with E-state index in [4.69, 9.17) is 26.7 Å². The number of hydrogen-bond acceptors (Lipinski definition) is 6. The fourth-order valence-corrected chi connectivity index (χ4v) is 5.33. The third kappa shape index (κ3) is 5.89. The van der Waals surface area contributed by atoms with Gasteiger partial charge >= 0.3 is 0 Å². The summed E-state index contributed by atoms with van der Waals surface area (Å²) in [6, 6.07) is 17.0. The van der Waals surface area contributed by atoms with E-state index in [1.54, 1.807) is 0 Å². The molecule has 2 heterocycles. The third-order valence-electron chi connectivity index (χ3n) is 7.16. The molecule has 1 fully saturated rings. The van der Waals surface area contributed by atoms with E-state index in [1.807, 2.05) is 56.7 Å². The van der Waals surface area contributed by atoms with E-state index in [9.17, 15) is 0 Å². The first-order chi connectivity index (χ1) is 18.0. The Kier molecular flexibility index (Phi) is 7.91. The first kappa shape index (κ1) is 25.5. The fourth-order valence-electron chi connectivity index (χ4n) is 5.21. The van der Waals surface area contributed by atoms with E-state index < -0.39 is 0 Å². The Labute approximate surface area is 224 Å². The molecular formula is C29H36ClN7. The van der Waals surface area contributed by atoms with Crippen LogP contribution in [0, 0.1) is 0 Å². The molecule has 2 N–H and O–H groups in total. The summed E-state index contributed by atoms with van der Waals surface area (Å²) in [5, 5.41) is 13.9. The van der Waals surface area contributed by atoms with Gasteiger partial charge in [-0.15, -0.1) is 0 Å². The Hall–Kier alpha value is -3.16. The van der Waals surface area contributed by atoms with Crippen molar-refractivity contribution in [2.45, 2.75) is 64.1 Å². The van der Waals surface area contributed by atoms with Gasteiger partial charge in [-0.3, -0.25) is 0 Å². The van der Waals surface area contributed by atoms with Gasteiger partial charge in [-0.05, 0) is 68.5 Å². The number of fused-ring (bicyclic) bond motifs is 1. The van der Waals surface area contributed by atoms with Crippen molar-refractivity contribution < 1.29 is 0 Å². The molecule has 1 aliphatic carbocycles. The van der Waals surface area contributed by atoms with Gasteiger partial charge in [-0.1, -0.05) is 37.1 Å². The van der Waals surface area contributed by atoms with E-state index in [-0.39, 0.29) is 0 Å². The molecule has 0 saturated heterocycles. The number of benzene rings is 2. The predicted molar refractivity (Wildman–Crippen MR) is 153 cm³/mol. The predicted octanol–water partition coefficient (Wildman–Crippen LogP) is 6.00. The SMILES string of the molecule is CCCc1c(CNC2CCC(Nc3nc(N(C)C)c4ccccc4n3)CC2)cnn1-c1ccc(Cl)cc1. The topological polar surface area (TPSA) is 70.9 Å². The fraction of sp³-hybridized carbons (Fsp3) is 0.414. The van der Waals surface area contributed by atoms with E-state index in [2.05, 4.69) is 39.3 Å². The molecule has 0 unspecified atom stereocenters. The largest absolute Gasteiger partial charge is 0.362 e. The maximum atomic E-state index is 6.09. The van der Waals surface area contributed by atoms with E-state index >= 15 is 0 Å². The number of nitrogens with zero attached hydrogens (tertiary/aromatic N) is 5. The Bertz CT molecular complexity index is 1320. The van der Waals surface area contributed by atoms with Gasteiger partial charge in [0, 0.05) is 54.4 Å². The molecule has 0 amide bonds. The van der Waals surface area contributed by atoms with Crippen LogP contribution in [0.5, 0.6) is 0 Å². The van der Waals surface area contributed by atoms with Crippen LogP contribution >= 0.6 is 11.6 Å². The van der Waals surface area contributed by atoms with Crippen LogP contribution in [0.4, 0.5) is 11.8 Å². The molecule has 7 nitrogen and oxygen atoms in total. The average molecular weight is 518 g/mol. The lowest BCUT2D eigenvalue weighted by Gasteiger charge is -2.30. The summed E-state index contributed by atoms with van der Waals surface area (Å²) in [6.07, 6.45) is 8.53. The van der Waals surface area contributed by atoms with Crippen LogP contribution in [0.15, 0.2) is 54.7 Å². The number of rotatable bonds is 9. The molecule has 2 aromatic heterocycles. The highest BCUT2D eigenvalue weighted by Crippen LogP contribution is 2.27. The molecule has 37 heavy (non-hydrogen) atoms. The van der Waals surface area contributed by atoms with Crippen LogP contribution in [-0.2, 0) is 13.0 Å². The van der Waals surface area contributed by atoms with Gasteiger partial charge in [0.15, 0.2) is 0 Å². The molecule has 4 aromatic rings. The Morgan fingerprint density at radius 1 is 0.973 bits per heavy atom. The summed E-state index contributed by atoms with van der Waals surface area (Å²) in [4.78, 5) is 11.7. The second-order valence-corrected chi connectivity index (χ2v) is 10.5. The van der Waals surface area contributed by atoms with Crippen molar-refractivity contribution in [2.24, 2.45) is 0 Å². The van der Waals surface area contributed by atoms with Gasteiger partial charge in [0.05, 0.1) is 17.4 Å². The van der Waals surface area contributed by atoms with Crippen molar-refractivity contribution in [1.82, 2.24) is 25.1 Å². The Morgan fingerprint density at radius 3 is 2.43 bits per heavy atom. The van der Waals surface area contributed by atoms with Gasteiger partial charge in [-0.2, -0.15) is 10.1 Å². The minimum absolute atomic E-state index is 0.387. The van der Waals surface area contributed by atoms with Crippen LogP contribution in [-0.4, -0.2) is 45.9 Å². The highest BCUT2D eigenvalue weighted by molar-refractivity contribution is 6.30. The maximum Gasteiger partial charge on any atom is 0.225 e. The van der Waals surface area contributed by atoms with Crippen molar-refractivity contribution in [3.63, 3.8) is 0 Å². The molecule has 1 aliphatic rings. The molecule has 5 rings (SSSR count). The minimum Gasteiger partial charge on any atom is -0.362 e. The lowest BCUT2D eigenvalue weighted by atomic mass is 9.91. The molecule has 0 bridgehead atoms. The van der Waals surface area contributed by atoms with Crippen LogP contribution < -0.4 is 15.5 Å². The van der Waals surface area contributed by atoms with E-state index in [1.165, 1.54) is 11.3 Å². The molecule has 2 aromatic carbocycles. The molecule has 0 atom stereocenters. The summed E-state index contributed by atoms with van der Waals surface area (Å²) in [5.74, 6) is 1.67. The van der Waals surface area contributed by atoms with Gasteiger partial charge < -0.3 is 15.5 Å². The smallest absolute Gasteiger partial charge is 0.225 e. The van der Waals surface area contributed by atoms with Gasteiger partial charge in [0.2, 0.25) is 5.95 Å². The zero-order valence-electron chi connectivity index (χ0n) is 21.9.